The number of aliphatic hydroxyl groups is 1. The van der Waals surface area contributed by atoms with Crippen molar-refractivity contribution in [1.82, 2.24) is 0 Å². The number of carboxylic acids is 1. The van der Waals surface area contributed by atoms with Crippen molar-refractivity contribution in [3.05, 3.63) is 54.1 Å². The minimum Gasteiger partial charge on any atom is -0.491 e. The molecule has 144 valence electrons. The second kappa shape index (κ2) is 11.7. The van der Waals surface area contributed by atoms with Crippen LogP contribution in [0.25, 0.3) is 0 Å². The van der Waals surface area contributed by atoms with Crippen LogP contribution in [0.15, 0.2) is 58.8 Å². The molecule has 0 fully saturated rings. The van der Waals surface area contributed by atoms with Crippen LogP contribution in [-0.4, -0.2) is 55.8 Å². The molecular weight excluding hydrogens is 352 g/mol. The first-order chi connectivity index (χ1) is 13.2. The van der Waals surface area contributed by atoms with E-state index >= 15 is 0 Å². The van der Waals surface area contributed by atoms with E-state index in [1.807, 2.05) is 0 Å². The predicted octanol–water partition coefficient (Wildman–Crippen LogP) is 3.20. The van der Waals surface area contributed by atoms with Gasteiger partial charge in [0.2, 0.25) is 0 Å². The summed E-state index contributed by atoms with van der Waals surface area (Å²) in [7, 11) is 0. The van der Waals surface area contributed by atoms with Gasteiger partial charge in [-0.15, -0.1) is 0 Å². The first-order valence-corrected chi connectivity index (χ1v) is 8.43. The van der Waals surface area contributed by atoms with Gasteiger partial charge in [-0.25, -0.2) is 4.79 Å². The van der Waals surface area contributed by atoms with Gasteiger partial charge in [0.15, 0.2) is 0 Å². The van der Waals surface area contributed by atoms with Gasteiger partial charge in [0.25, 0.3) is 0 Å². The average Bonchev–Trinajstić information content (AvgIpc) is 2.69. The summed E-state index contributed by atoms with van der Waals surface area (Å²) in [5.74, 6) is -0.283. The van der Waals surface area contributed by atoms with Crippen LogP contribution in [0.4, 0.5) is 11.4 Å². The van der Waals surface area contributed by atoms with E-state index in [0.717, 1.165) is 0 Å². The fraction of sp³-hybridized carbons (Fsp3) is 0.316. The van der Waals surface area contributed by atoms with E-state index in [9.17, 15) is 4.79 Å². The monoisotopic (exact) mass is 374 g/mol. The van der Waals surface area contributed by atoms with Crippen molar-refractivity contribution < 1.29 is 29.2 Å². The summed E-state index contributed by atoms with van der Waals surface area (Å²) in [6.45, 7) is 2.08. The molecule has 0 aliphatic heterocycles. The van der Waals surface area contributed by atoms with Crippen molar-refractivity contribution in [3.8, 4) is 5.75 Å². The third kappa shape index (κ3) is 7.95. The lowest BCUT2D eigenvalue weighted by Crippen LogP contribution is -2.11. The summed E-state index contributed by atoms with van der Waals surface area (Å²) in [6, 6.07) is 13.3. The molecule has 0 spiro atoms. The predicted molar refractivity (Wildman–Crippen MR) is 98.2 cm³/mol. The van der Waals surface area contributed by atoms with E-state index in [1.165, 1.54) is 12.1 Å². The molecule has 2 aromatic rings. The fourth-order valence-corrected chi connectivity index (χ4v) is 2.00. The third-order valence-corrected chi connectivity index (χ3v) is 3.34. The number of hydrogen-bond donors (Lipinski definition) is 2. The van der Waals surface area contributed by atoms with E-state index in [1.54, 1.807) is 36.4 Å². The lowest BCUT2D eigenvalue weighted by molar-refractivity contribution is 0.0247. The number of carbonyl (C=O) groups is 1. The van der Waals surface area contributed by atoms with Crippen molar-refractivity contribution in [2.45, 2.75) is 0 Å². The summed E-state index contributed by atoms with van der Waals surface area (Å²) in [6.07, 6.45) is 0. The van der Waals surface area contributed by atoms with Crippen LogP contribution in [0, 0.1) is 0 Å². The Balaban J connectivity index is 1.70. The minimum absolute atomic E-state index is 0.00960. The average molecular weight is 374 g/mol. The molecule has 0 aliphatic carbocycles. The number of rotatable bonds is 12. The van der Waals surface area contributed by atoms with E-state index in [0.29, 0.717) is 50.2 Å². The van der Waals surface area contributed by atoms with Gasteiger partial charge in [-0.1, -0.05) is 0 Å². The SMILES string of the molecule is O=C(O)c1ccc(N=Nc2ccc(OCCOCCOCCO)cc2)cc1. The Hall–Kier alpha value is -2.81. The first-order valence-electron chi connectivity index (χ1n) is 8.43. The van der Waals surface area contributed by atoms with Crippen LogP contribution < -0.4 is 4.74 Å². The second-order valence-corrected chi connectivity index (χ2v) is 5.34. The van der Waals surface area contributed by atoms with Crippen LogP contribution in [0.3, 0.4) is 0 Å². The molecule has 0 saturated carbocycles. The number of nitrogens with zero attached hydrogens (tertiary/aromatic N) is 2. The Morgan fingerprint density at radius 2 is 1.30 bits per heavy atom. The van der Waals surface area contributed by atoms with Gasteiger partial charge in [-0.3, -0.25) is 0 Å². The smallest absolute Gasteiger partial charge is 0.335 e. The fourth-order valence-electron chi connectivity index (χ4n) is 2.00. The summed E-state index contributed by atoms with van der Waals surface area (Å²) in [5, 5.41) is 25.6. The van der Waals surface area contributed by atoms with Crippen molar-refractivity contribution in [2.75, 3.05) is 39.6 Å². The molecule has 0 radical (unpaired) electrons. The number of aliphatic hydroxyl groups excluding tert-OH is 1. The molecule has 2 N–H and O–H groups in total. The quantitative estimate of drug-likeness (QED) is 0.436. The van der Waals surface area contributed by atoms with Gasteiger partial charge in [0.1, 0.15) is 12.4 Å². The highest BCUT2D eigenvalue weighted by molar-refractivity contribution is 5.87. The number of ether oxygens (including phenoxy) is 3. The Morgan fingerprint density at radius 1 is 0.778 bits per heavy atom. The zero-order valence-corrected chi connectivity index (χ0v) is 14.8. The van der Waals surface area contributed by atoms with Gasteiger partial charge in [0, 0.05) is 0 Å². The largest absolute Gasteiger partial charge is 0.491 e. The Bertz CT molecular complexity index is 716. The summed E-state index contributed by atoms with van der Waals surface area (Å²) >= 11 is 0. The lowest BCUT2D eigenvalue weighted by Gasteiger charge is -2.07. The van der Waals surface area contributed by atoms with Crippen LogP contribution in [0.2, 0.25) is 0 Å². The number of carboxylic acid groups (broad SMARTS) is 1. The maximum Gasteiger partial charge on any atom is 0.335 e. The summed E-state index contributed by atoms with van der Waals surface area (Å²) < 4.78 is 16.0. The highest BCUT2D eigenvalue weighted by atomic mass is 16.5. The molecule has 0 saturated heterocycles. The third-order valence-electron chi connectivity index (χ3n) is 3.34. The van der Waals surface area contributed by atoms with Gasteiger partial charge in [-0.2, -0.15) is 10.2 Å². The maximum atomic E-state index is 10.8. The highest BCUT2D eigenvalue weighted by Gasteiger charge is 2.01. The molecular formula is C19H22N2O6. The van der Waals surface area contributed by atoms with E-state index < -0.39 is 5.97 Å². The minimum atomic E-state index is -0.977. The Labute approximate surface area is 157 Å². The number of benzene rings is 2. The van der Waals surface area contributed by atoms with Crippen LogP contribution in [-0.2, 0) is 9.47 Å². The van der Waals surface area contributed by atoms with E-state index in [-0.39, 0.29) is 12.2 Å². The highest BCUT2D eigenvalue weighted by Crippen LogP contribution is 2.21. The molecule has 0 bridgehead atoms. The second-order valence-electron chi connectivity index (χ2n) is 5.34. The normalized spacial score (nSPS) is 11.0. The maximum absolute atomic E-state index is 10.8. The molecule has 8 nitrogen and oxygen atoms in total. The van der Waals surface area contributed by atoms with E-state index in [2.05, 4.69) is 10.2 Å². The molecule has 2 rings (SSSR count). The molecule has 27 heavy (non-hydrogen) atoms. The molecule has 0 atom stereocenters. The molecule has 0 unspecified atom stereocenters. The molecule has 2 aromatic carbocycles. The number of hydrogen-bond acceptors (Lipinski definition) is 7. The Morgan fingerprint density at radius 3 is 1.85 bits per heavy atom. The summed E-state index contributed by atoms with van der Waals surface area (Å²) in [5.41, 5.74) is 1.43. The van der Waals surface area contributed by atoms with Gasteiger partial charge >= 0.3 is 5.97 Å². The topological polar surface area (TPSA) is 110 Å². The van der Waals surface area contributed by atoms with Crippen molar-refractivity contribution in [1.29, 1.82) is 0 Å². The molecule has 8 heteroatoms. The molecule has 0 aliphatic rings. The first kappa shape index (κ1) is 20.5. The zero-order chi connectivity index (χ0) is 19.3. The zero-order valence-electron chi connectivity index (χ0n) is 14.8. The Kier molecular flexibility index (Phi) is 8.91. The van der Waals surface area contributed by atoms with Crippen molar-refractivity contribution >= 4 is 17.3 Å². The van der Waals surface area contributed by atoms with Crippen LogP contribution >= 0.6 is 0 Å². The van der Waals surface area contributed by atoms with Crippen LogP contribution in [0.5, 0.6) is 5.75 Å². The van der Waals surface area contributed by atoms with Gasteiger partial charge in [-0.05, 0) is 48.5 Å². The van der Waals surface area contributed by atoms with Crippen molar-refractivity contribution in [3.63, 3.8) is 0 Å². The molecule has 0 aromatic heterocycles. The van der Waals surface area contributed by atoms with Crippen LogP contribution in [0.1, 0.15) is 10.4 Å². The van der Waals surface area contributed by atoms with Gasteiger partial charge < -0.3 is 24.4 Å². The van der Waals surface area contributed by atoms with Crippen molar-refractivity contribution in [2.24, 2.45) is 10.2 Å². The standard InChI is InChI=1S/C19H22N2O6/c22-9-10-25-11-12-26-13-14-27-18-7-5-17(6-8-18)21-20-16-3-1-15(2-4-16)19(23)24/h1-8,22H,9-14H2,(H,23,24). The molecule has 0 heterocycles. The molecule has 0 amide bonds. The number of aromatic carboxylic acids is 1. The summed E-state index contributed by atoms with van der Waals surface area (Å²) in [4.78, 5) is 10.8. The number of azo groups is 1. The lowest BCUT2D eigenvalue weighted by atomic mass is 10.2. The van der Waals surface area contributed by atoms with E-state index in [4.69, 9.17) is 24.4 Å². The van der Waals surface area contributed by atoms with Gasteiger partial charge in [0.05, 0.1) is 50.0 Å².